The first-order valence-corrected chi connectivity index (χ1v) is 9.32. The lowest BCUT2D eigenvalue weighted by molar-refractivity contribution is 0.0981. The van der Waals surface area contributed by atoms with Crippen LogP contribution in [-0.4, -0.2) is 29.0 Å². The third-order valence-electron chi connectivity index (χ3n) is 3.76. The van der Waals surface area contributed by atoms with Crippen molar-refractivity contribution in [3.05, 3.63) is 69.7 Å². The van der Waals surface area contributed by atoms with Gasteiger partial charge in [-0.05, 0) is 18.2 Å². The van der Waals surface area contributed by atoms with E-state index >= 15 is 0 Å². The van der Waals surface area contributed by atoms with Gasteiger partial charge in [-0.2, -0.15) is 0 Å². The Morgan fingerprint density at radius 2 is 1.93 bits per heavy atom. The maximum atomic E-state index is 12.4. The number of rotatable bonds is 7. The number of anilines is 1. The van der Waals surface area contributed by atoms with Crippen molar-refractivity contribution in [3.8, 4) is 5.75 Å². The molecule has 0 aliphatic heterocycles. The summed E-state index contributed by atoms with van der Waals surface area (Å²) in [5, 5.41) is 12.1. The third kappa shape index (κ3) is 4.90. The van der Waals surface area contributed by atoms with Crippen molar-refractivity contribution in [3.63, 3.8) is 0 Å². The van der Waals surface area contributed by atoms with Crippen LogP contribution >= 0.6 is 22.9 Å². The topological polar surface area (TPSA) is 81.2 Å². The van der Waals surface area contributed by atoms with Crippen molar-refractivity contribution in [2.45, 2.75) is 12.8 Å². The normalized spacial score (nSPS) is 10.4. The average molecular weight is 402 g/mol. The SMILES string of the molecule is COc1ccc(Cl)cc1C(=O)Nc1nnc(CCC(=O)c2ccccc2)s1. The van der Waals surface area contributed by atoms with Crippen molar-refractivity contribution in [2.24, 2.45) is 0 Å². The van der Waals surface area contributed by atoms with Crippen molar-refractivity contribution in [1.82, 2.24) is 10.2 Å². The molecule has 0 spiro atoms. The number of aromatic nitrogens is 2. The minimum absolute atomic E-state index is 0.0417. The average Bonchev–Trinajstić information content (AvgIpc) is 3.14. The number of carbonyl (C=O) groups is 2. The molecule has 0 saturated heterocycles. The summed E-state index contributed by atoms with van der Waals surface area (Å²) in [6.07, 6.45) is 0.788. The number of methoxy groups -OCH3 is 1. The van der Waals surface area contributed by atoms with Gasteiger partial charge in [-0.1, -0.05) is 53.3 Å². The zero-order chi connectivity index (χ0) is 19.2. The molecule has 2 aromatic carbocycles. The molecule has 1 heterocycles. The van der Waals surface area contributed by atoms with Crippen LogP contribution < -0.4 is 10.1 Å². The van der Waals surface area contributed by atoms with E-state index in [1.54, 1.807) is 24.3 Å². The van der Waals surface area contributed by atoms with Crippen LogP contribution in [0.1, 0.15) is 32.1 Å². The molecular formula is C19H16ClN3O3S. The van der Waals surface area contributed by atoms with Crippen LogP contribution in [0.2, 0.25) is 5.02 Å². The Morgan fingerprint density at radius 1 is 1.15 bits per heavy atom. The van der Waals surface area contributed by atoms with Gasteiger partial charge in [0.15, 0.2) is 5.78 Å². The van der Waals surface area contributed by atoms with Gasteiger partial charge in [-0.25, -0.2) is 0 Å². The number of nitrogens with one attached hydrogen (secondary N) is 1. The molecule has 1 aromatic heterocycles. The molecule has 3 aromatic rings. The molecule has 1 N–H and O–H groups in total. The van der Waals surface area contributed by atoms with Crippen LogP contribution in [-0.2, 0) is 6.42 Å². The molecule has 0 bridgehead atoms. The smallest absolute Gasteiger partial charge is 0.261 e. The lowest BCUT2D eigenvalue weighted by Crippen LogP contribution is -2.13. The molecule has 0 saturated carbocycles. The van der Waals surface area contributed by atoms with Crippen molar-refractivity contribution < 1.29 is 14.3 Å². The summed E-state index contributed by atoms with van der Waals surface area (Å²) in [5.41, 5.74) is 0.976. The molecule has 27 heavy (non-hydrogen) atoms. The highest BCUT2D eigenvalue weighted by Gasteiger charge is 2.16. The minimum Gasteiger partial charge on any atom is -0.496 e. The summed E-state index contributed by atoms with van der Waals surface area (Å²) >= 11 is 7.18. The quantitative estimate of drug-likeness (QED) is 0.598. The number of amides is 1. The van der Waals surface area contributed by atoms with Gasteiger partial charge in [0.05, 0.1) is 12.7 Å². The predicted octanol–water partition coefficient (Wildman–Crippen LogP) is 4.27. The summed E-state index contributed by atoms with van der Waals surface area (Å²) in [6, 6.07) is 13.9. The third-order valence-corrected chi connectivity index (χ3v) is 4.89. The maximum absolute atomic E-state index is 12.4. The highest BCUT2D eigenvalue weighted by atomic mass is 35.5. The number of ether oxygens (including phenoxy) is 1. The van der Waals surface area contributed by atoms with Crippen molar-refractivity contribution in [1.29, 1.82) is 0 Å². The van der Waals surface area contributed by atoms with Gasteiger partial charge in [0.25, 0.3) is 5.91 Å². The monoisotopic (exact) mass is 401 g/mol. The highest BCUT2D eigenvalue weighted by molar-refractivity contribution is 7.15. The van der Waals surface area contributed by atoms with Crippen LogP contribution in [0, 0.1) is 0 Å². The molecular weight excluding hydrogens is 386 g/mol. The molecule has 1 amide bonds. The Hall–Kier alpha value is -2.77. The van der Waals surface area contributed by atoms with Gasteiger partial charge in [0.2, 0.25) is 5.13 Å². The van der Waals surface area contributed by atoms with E-state index in [4.69, 9.17) is 16.3 Å². The molecule has 0 unspecified atom stereocenters. The van der Waals surface area contributed by atoms with Gasteiger partial charge in [-0.3, -0.25) is 14.9 Å². The van der Waals surface area contributed by atoms with Crippen molar-refractivity contribution >= 4 is 39.8 Å². The summed E-state index contributed by atoms with van der Waals surface area (Å²) in [5.74, 6) is 0.0626. The second-order valence-corrected chi connectivity index (χ2v) is 7.09. The fourth-order valence-corrected chi connectivity index (χ4v) is 3.32. The number of hydrogen-bond donors (Lipinski definition) is 1. The number of hydrogen-bond acceptors (Lipinski definition) is 6. The Labute approximate surface area is 165 Å². The summed E-state index contributed by atoms with van der Waals surface area (Å²) < 4.78 is 5.18. The fourth-order valence-electron chi connectivity index (χ4n) is 2.42. The number of Topliss-reactive ketones (excluding diaryl/α,β-unsaturated/α-hetero) is 1. The first-order valence-electron chi connectivity index (χ1n) is 8.12. The van der Waals surface area contributed by atoms with E-state index < -0.39 is 5.91 Å². The zero-order valence-electron chi connectivity index (χ0n) is 14.4. The first-order chi connectivity index (χ1) is 13.1. The summed E-state index contributed by atoms with van der Waals surface area (Å²) in [4.78, 5) is 24.6. The van der Waals surface area contributed by atoms with E-state index in [9.17, 15) is 9.59 Å². The number of ketones is 1. The van der Waals surface area contributed by atoms with E-state index in [0.717, 1.165) is 0 Å². The minimum atomic E-state index is -0.391. The van der Waals surface area contributed by atoms with Crippen LogP contribution in [0.4, 0.5) is 5.13 Å². The maximum Gasteiger partial charge on any atom is 0.261 e. The number of carbonyl (C=O) groups excluding carboxylic acids is 2. The van der Waals surface area contributed by atoms with Gasteiger partial charge in [0.1, 0.15) is 10.8 Å². The van der Waals surface area contributed by atoms with E-state index in [0.29, 0.717) is 44.9 Å². The van der Waals surface area contributed by atoms with E-state index in [1.165, 1.54) is 24.5 Å². The van der Waals surface area contributed by atoms with E-state index in [2.05, 4.69) is 15.5 Å². The lowest BCUT2D eigenvalue weighted by Gasteiger charge is -2.07. The lowest BCUT2D eigenvalue weighted by atomic mass is 10.1. The molecule has 138 valence electrons. The first kappa shape index (κ1) is 19.0. The zero-order valence-corrected chi connectivity index (χ0v) is 16.0. The number of aryl methyl sites for hydroxylation is 1. The van der Waals surface area contributed by atoms with E-state index in [-0.39, 0.29) is 5.78 Å². The van der Waals surface area contributed by atoms with Crippen molar-refractivity contribution in [2.75, 3.05) is 12.4 Å². The molecule has 8 heteroatoms. The van der Waals surface area contributed by atoms with Crippen LogP contribution in [0.5, 0.6) is 5.75 Å². The Kier molecular flexibility index (Phi) is 6.16. The number of nitrogens with zero attached hydrogens (tertiary/aromatic N) is 2. The molecule has 0 atom stereocenters. The van der Waals surface area contributed by atoms with Crippen LogP contribution in [0.15, 0.2) is 48.5 Å². The Bertz CT molecular complexity index is 960. The van der Waals surface area contributed by atoms with E-state index in [1.807, 2.05) is 18.2 Å². The standard InChI is InChI=1S/C19H16ClN3O3S/c1-26-16-9-7-13(20)11-14(16)18(25)21-19-23-22-17(27-19)10-8-15(24)12-5-3-2-4-6-12/h2-7,9,11H,8,10H2,1H3,(H,21,23,25). The number of halogens is 1. The Morgan fingerprint density at radius 3 is 2.67 bits per heavy atom. The van der Waals surface area contributed by atoms with Gasteiger partial charge >= 0.3 is 0 Å². The molecule has 0 radical (unpaired) electrons. The largest absolute Gasteiger partial charge is 0.496 e. The summed E-state index contributed by atoms with van der Waals surface area (Å²) in [6.45, 7) is 0. The molecule has 0 aliphatic rings. The second kappa shape index (κ2) is 8.75. The van der Waals surface area contributed by atoms with Gasteiger partial charge < -0.3 is 4.74 Å². The molecule has 6 nitrogen and oxygen atoms in total. The molecule has 0 fully saturated rings. The van der Waals surface area contributed by atoms with Crippen LogP contribution in [0.25, 0.3) is 0 Å². The fraction of sp³-hybridized carbons (Fsp3) is 0.158. The summed E-state index contributed by atoms with van der Waals surface area (Å²) in [7, 11) is 1.48. The molecule has 3 rings (SSSR count). The second-order valence-electron chi connectivity index (χ2n) is 5.59. The van der Waals surface area contributed by atoms with Gasteiger partial charge in [-0.15, -0.1) is 10.2 Å². The Balaban J connectivity index is 1.62. The highest BCUT2D eigenvalue weighted by Crippen LogP contribution is 2.25. The molecule has 0 aliphatic carbocycles. The number of benzene rings is 2. The predicted molar refractivity (Wildman–Crippen MR) is 105 cm³/mol. The van der Waals surface area contributed by atoms with Gasteiger partial charge in [0, 0.05) is 23.4 Å². The van der Waals surface area contributed by atoms with Crippen LogP contribution in [0.3, 0.4) is 0 Å².